The van der Waals surface area contributed by atoms with Crippen molar-refractivity contribution >= 4 is 44.3 Å². The number of piperidine rings is 1. The van der Waals surface area contributed by atoms with E-state index in [0.29, 0.717) is 24.6 Å². The third-order valence-corrected chi connectivity index (χ3v) is 7.15. The predicted octanol–water partition coefficient (Wildman–Crippen LogP) is 2.72. The van der Waals surface area contributed by atoms with Gasteiger partial charge in [0, 0.05) is 49.7 Å². The molecular formula is C22H26N6O2S. The Morgan fingerprint density at radius 3 is 2.94 bits per heavy atom. The number of nitrogens with zero attached hydrogens (tertiary/aromatic N) is 4. The van der Waals surface area contributed by atoms with Gasteiger partial charge in [-0.2, -0.15) is 0 Å². The number of rotatable bonds is 6. The smallest absolute Gasteiger partial charge is 0.228 e. The zero-order chi connectivity index (χ0) is 21.2. The molecule has 8 nitrogen and oxygen atoms in total. The van der Waals surface area contributed by atoms with Crippen LogP contribution in [-0.2, 0) is 16.0 Å². The van der Waals surface area contributed by atoms with E-state index in [1.165, 1.54) is 22.3 Å². The number of carbonyl (C=O) groups excluding carboxylic acids is 2. The summed E-state index contributed by atoms with van der Waals surface area (Å²) >= 11 is 1.44. The standard InChI is InChI=1S/C22H26N6O2S/c29-19-8-4-12-28(19)22-26-25-21(31-22)27-11-3-5-16(14-27)20(30)23-10-9-15-13-24-18-7-2-1-6-17(15)18/h1-2,6-7,13,16,24H,3-5,8-12,14H2,(H,23,30). The van der Waals surface area contributed by atoms with E-state index in [2.05, 4.69) is 37.5 Å². The van der Waals surface area contributed by atoms with E-state index in [1.807, 2.05) is 18.3 Å². The Kier molecular flexibility index (Phi) is 5.59. The average molecular weight is 439 g/mol. The van der Waals surface area contributed by atoms with Crippen LogP contribution in [0.15, 0.2) is 30.5 Å². The first kappa shape index (κ1) is 20.0. The van der Waals surface area contributed by atoms with Crippen molar-refractivity contribution in [2.45, 2.75) is 32.1 Å². The first-order chi connectivity index (χ1) is 15.2. The maximum Gasteiger partial charge on any atom is 0.228 e. The van der Waals surface area contributed by atoms with Gasteiger partial charge in [0.1, 0.15) is 0 Å². The van der Waals surface area contributed by atoms with Gasteiger partial charge < -0.3 is 15.2 Å². The zero-order valence-electron chi connectivity index (χ0n) is 17.3. The lowest BCUT2D eigenvalue weighted by Crippen LogP contribution is -2.43. The number of hydrogen-bond acceptors (Lipinski definition) is 6. The Morgan fingerprint density at radius 2 is 2.06 bits per heavy atom. The van der Waals surface area contributed by atoms with Gasteiger partial charge in [-0.05, 0) is 37.3 Å². The van der Waals surface area contributed by atoms with Crippen LogP contribution in [0, 0.1) is 5.92 Å². The van der Waals surface area contributed by atoms with Crippen LogP contribution in [0.1, 0.15) is 31.2 Å². The average Bonchev–Trinajstić information content (AvgIpc) is 3.53. The molecule has 2 aliphatic rings. The second kappa shape index (κ2) is 8.66. The number of hydrogen-bond donors (Lipinski definition) is 2. The molecule has 1 aromatic carbocycles. The molecule has 2 saturated heterocycles. The number of carbonyl (C=O) groups is 2. The lowest BCUT2D eigenvalue weighted by atomic mass is 9.97. The van der Waals surface area contributed by atoms with Crippen LogP contribution in [0.3, 0.4) is 0 Å². The summed E-state index contributed by atoms with van der Waals surface area (Å²) in [5.74, 6) is 0.162. The van der Waals surface area contributed by atoms with E-state index in [-0.39, 0.29) is 17.7 Å². The van der Waals surface area contributed by atoms with Gasteiger partial charge in [0.25, 0.3) is 0 Å². The highest BCUT2D eigenvalue weighted by Gasteiger charge is 2.30. The van der Waals surface area contributed by atoms with Crippen molar-refractivity contribution in [2.24, 2.45) is 5.92 Å². The number of nitrogens with one attached hydrogen (secondary N) is 2. The highest BCUT2D eigenvalue weighted by molar-refractivity contribution is 7.19. The molecule has 1 atom stereocenters. The summed E-state index contributed by atoms with van der Waals surface area (Å²) in [6, 6.07) is 8.22. The van der Waals surface area contributed by atoms with Gasteiger partial charge >= 0.3 is 0 Å². The van der Waals surface area contributed by atoms with E-state index in [0.717, 1.165) is 49.4 Å². The quantitative estimate of drug-likeness (QED) is 0.617. The summed E-state index contributed by atoms with van der Waals surface area (Å²) in [6.45, 7) is 2.84. The topological polar surface area (TPSA) is 94.2 Å². The number of anilines is 2. The van der Waals surface area contributed by atoms with E-state index in [1.54, 1.807) is 4.90 Å². The van der Waals surface area contributed by atoms with Gasteiger partial charge in [-0.25, -0.2) is 0 Å². The van der Waals surface area contributed by atoms with Crippen LogP contribution in [0.4, 0.5) is 10.3 Å². The van der Waals surface area contributed by atoms with E-state index < -0.39 is 0 Å². The first-order valence-electron chi connectivity index (χ1n) is 10.9. The number of H-pyrrole nitrogens is 1. The summed E-state index contributed by atoms with van der Waals surface area (Å²) in [5.41, 5.74) is 2.35. The SMILES string of the molecule is O=C(NCCc1c[nH]c2ccccc12)C1CCCN(c2nnc(N3CCCC3=O)s2)C1. The Morgan fingerprint density at radius 1 is 1.19 bits per heavy atom. The molecule has 1 unspecified atom stereocenters. The largest absolute Gasteiger partial charge is 0.361 e. The van der Waals surface area contributed by atoms with Crippen molar-refractivity contribution in [2.75, 3.05) is 36.0 Å². The third-order valence-electron chi connectivity index (χ3n) is 6.14. The Labute approximate surface area is 184 Å². The van der Waals surface area contributed by atoms with E-state index >= 15 is 0 Å². The monoisotopic (exact) mass is 438 g/mol. The third kappa shape index (κ3) is 4.14. The van der Waals surface area contributed by atoms with Gasteiger partial charge in [0.05, 0.1) is 5.92 Å². The first-order valence-corrected chi connectivity index (χ1v) is 11.7. The zero-order valence-corrected chi connectivity index (χ0v) is 18.2. The lowest BCUT2D eigenvalue weighted by molar-refractivity contribution is -0.125. The van der Waals surface area contributed by atoms with Crippen LogP contribution >= 0.6 is 11.3 Å². The minimum atomic E-state index is -0.0579. The summed E-state index contributed by atoms with van der Waals surface area (Å²) in [4.78, 5) is 31.9. The van der Waals surface area contributed by atoms with Crippen molar-refractivity contribution < 1.29 is 9.59 Å². The minimum Gasteiger partial charge on any atom is -0.361 e. The van der Waals surface area contributed by atoms with Crippen molar-refractivity contribution in [3.63, 3.8) is 0 Å². The number of fused-ring (bicyclic) bond motifs is 1. The van der Waals surface area contributed by atoms with Crippen LogP contribution in [0.2, 0.25) is 0 Å². The molecule has 4 heterocycles. The molecule has 2 amide bonds. The van der Waals surface area contributed by atoms with Crippen LogP contribution in [0.5, 0.6) is 0 Å². The minimum absolute atomic E-state index is 0.0579. The molecule has 0 aliphatic carbocycles. The Balaban J connectivity index is 1.16. The van der Waals surface area contributed by atoms with Crippen LogP contribution < -0.4 is 15.1 Å². The molecule has 2 N–H and O–H groups in total. The van der Waals surface area contributed by atoms with Crippen LogP contribution in [-0.4, -0.2) is 53.2 Å². The van der Waals surface area contributed by atoms with Crippen molar-refractivity contribution in [3.8, 4) is 0 Å². The maximum atomic E-state index is 12.8. The molecule has 0 spiro atoms. The van der Waals surface area contributed by atoms with Crippen molar-refractivity contribution in [1.29, 1.82) is 0 Å². The van der Waals surface area contributed by atoms with Crippen molar-refractivity contribution in [1.82, 2.24) is 20.5 Å². The molecule has 9 heteroatoms. The summed E-state index contributed by atoms with van der Waals surface area (Å²) in [5, 5.41) is 14.3. The fourth-order valence-corrected chi connectivity index (χ4v) is 5.39. The molecule has 0 radical (unpaired) electrons. The maximum absolute atomic E-state index is 12.8. The Hall–Kier alpha value is -2.94. The number of amides is 2. The molecule has 31 heavy (non-hydrogen) atoms. The van der Waals surface area contributed by atoms with Gasteiger partial charge in [-0.1, -0.05) is 29.5 Å². The fourth-order valence-electron chi connectivity index (χ4n) is 4.46. The van der Waals surface area contributed by atoms with Crippen molar-refractivity contribution in [3.05, 3.63) is 36.0 Å². The molecule has 162 valence electrons. The van der Waals surface area contributed by atoms with Gasteiger partial charge in [-0.3, -0.25) is 14.5 Å². The molecule has 2 aliphatic heterocycles. The van der Waals surface area contributed by atoms with Gasteiger partial charge in [0.15, 0.2) is 0 Å². The second-order valence-corrected chi connectivity index (χ2v) is 9.14. The lowest BCUT2D eigenvalue weighted by Gasteiger charge is -2.31. The molecular weight excluding hydrogens is 412 g/mol. The molecule has 2 aromatic heterocycles. The molecule has 0 bridgehead atoms. The normalized spacial score (nSPS) is 19.4. The van der Waals surface area contributed by atoms with Gasteiger partial charge in [0.2, 0.25) is 22.1 Å². The highest BCUT2D eigenvalue weighted by atomic mass is 32.1. The fraction of sp³-hybridized carbons (Fsp3) is 0.455. The number of benzene rings is 1. The number of para-hydroxylation sites is 1. The number of aromatic nitrogens is 3. The molecule has 2 fully saturated rings. The summed E-state index contributed by atoms with van der Waals surface area (Å²) in [6.07, 6.45) is 6.11. The second-order valence-electron chi connectivity index (χ2n) is 8.20. The molecule has 0 saturated carbocycles. The number of aromatic amines is 1. The Bertz CT molecular complexity index is 1090. The van der Waals surface area contributed by atoms with Crippen LogP contribution in [0.25, 0.3) is 10.9 Å². The summed E-state index contributed by atoms with van der Waals surface area (Å²) in [7, 11) is 0. The summed E-state index contributed by atoms with van der Waals surface area (Å²) < 4.78 is 0. The van der Waals surface area contributed by atoms with E-state index in [9.17, 15) is 9.59 Å². The highest BCUT2D eigenvalue weighted by Crippen LogP contribution is 2.32. The predicted molar refractivity (Wildman–Crippen MR) is 121 cm³/mol. The molecule has 3 aromatic rings. The van der Waals surface area contributed by atoms with E-state index in [4.69, 9.17) is 0 Å². The van der Waals surface area contributed by atoms with Gasteiger partial charge in [-0.15, -0.1) is 10.2 Å². The molecule has 5 rings (SSSR count).